The molecule has 0 bridgehead atoms. The van der Waals surface area contributed by atoms with Gasteiger partial charge in [0.2, 0.25) is 0 Å². The lowest BCUT2D eigenvalue weighted by Gasteiger charge is -2.20. The molecule has 0 atom stereocenters. The number of nitrogens with zero attached hydrogens (tertiary/aromatic N) is 3. The Morgan fingerprint density at radius 3 is 2.81 bits per heavy atom. The van der Waals surface area contributed by atoms with Crippen molar-refractivity contribution in [3.05, 3.63) is 24.5 Å². The van der Waals surface area contributed by atoms with Crippen molar-refractivity contribution in [1.82, 2.24) is 14.9 Å². The molecule has 0 fully saturated rings. The molecule has 1 aromatic heterocycles. The molecule has 0 spiro atoms. The lowest BCUT2D eigenvalue weighted by Crippen LogP contribution is -2.27. The Bertz CT molecular complexity index is 582. The summed E-state index contributed by atoms with van der Waals surface area (Å²) in [6.45, 7) is 6.48. The number of nitrogen functional groups attached to an aromatic ring is 1. The van der Waals surface area contributed by atoms with E-state index in [9.17, 15) is 0 Å². The van der Waals surface area contributed by atoms with Gasteiger partial charge in [-0.3, -0.25) is 0 Å². The topological polar surface area (TPSA) is 67.1 Å². The monoisotopic (exact) mass is 287 g/mol. The molecule has 0 aliphatic carbocycles. The SMILES string of the molecule is CC(C)N(C)CCCCNc1ncnc2cc(N)ccc12. The van der Waals surface area contributed by atoms with Crippen molar-refractivity contribution in [3.63, 3.8) is 0 Å². The first-order valence-electron chi connectivity index (χ1n) is 7.52. The molecule has 3 N–H and O–H groups in total. The number of fused-ring (bicyclic) bond motifs is 1. The van der Waals surface area contributed by atoms with Gasteiger partial charge < -0.3 is 16.0 Å². The van der Waals surface area contributed by atoms with E-state index in [1.54, 1.807) is 6.33 Å². The minimum atomic E-state index is 0.606. The summed E-state index contributed by atoms with van der Waals surface area (Å²) in [6.07, 6.45) is 3.88. The van der Waals surface area contributed by atoms with E-state index in [1.807, 2.05) is 18.2 Å². The van der Waals surface area contributed by atoms with E-state index < -0.39 is 0 Å². The molecule has 1 aromatic carbocycles. The average molecular weight is 287 g/mol. The normalized spacial score (nSPS) is 11.5. The van der Waals surface area contributed by atoms with Crippen LogP contribution in [0.4, 0.5) is 11.5 Å². The van der Waals surface area contributed by atoms with Crippen molar-refractivity contribution in [2.75, 3.05) is 31.2 Å². The fraction of sp³-hybridized carbons (Fsp3) is 0.500. The van der Waals surface area contributed by atoms with Gasteiger partial charge in [0.25, 0.3) is 0 Å². The first-order valence-corrected chi connectivity index (χ1v) is 7.52. The summed E-state index contributed by atoms with van der Waals surface area (Å²) in [5, 5.41) is 4.42. The maximum absolute atomic E-state index is 5.78. The summed E-state index contributed by atoms with van der Waals surface area (Å²) in [5.41, 5.74) is 7.39. The molecule has 0 aliphatic heterocycles. The van der Waals surface area contributed by atoms with Gasteiger partial charge in [-0.1, -0.05) is 0 Å². The number of nitrogens with one attached hydrogen (secondary N) is 1. The number of benzene rings is 1. The second-order valence-electron chi connectivity index (χ2n) is 5.71. The van der Waals surface area contributed by atoms with Crippen LogP contribution in [-0.2, 0) is 0 Å². The van der Waals surface area contributed by atoms with Crippen LogP contribution in [-0.4, -0.2) is 41.0 Å². The third-order valence-corrected chi connectivity index (χ3v) is 3.77. The fourth-order valence-electron chi connectivity index (χ4n) is 2.17. The van der Waals surface area contributed by atoms with Gasteiger partial charge in [0, 0.05) is 23.7 Å². The van der Waals surface area contributed by atoms with E-state index in [0.29, 0.717) is 6.04 Å². The molecule has 0 saturated heterocycles. The predicted octanol–water partition coefficient (Wildman–Crippen LogP) is 2.74. The Balaban J connectivity index is 1.86. The van der Waals surface area contributed by atoms with Crippen LogP contribution in [0.1, 0.15) is 26.7 Å². The van der Waals surface area contributed by atoms with Crippen LogP contribution in [0.15, 0.2) is 24.5 Å². The van der Waals surface area contributed by atoms with Crippen molar-refractivity contribution >= 4 is 22.4 Å². The molecule has 5 heteroatoms. The van der Waals surface area contributed by atoms with Crippen LogP contribution >= 0.6 is 0 Å². The highest BCUT2D eigenvalue weighted by Crippen LogP contribution is 2.21. The van der Waals surface area contributed by atoms with E-state index in [4.69, 9.17) is 5.73 Å². The summed E-state index contributed by atoms with van der Waals surface area (Å²) in [6, 6.07) is 6.34. The molecule has 0 amide bonds. The van der Waals surface area contributed by atoms with E-state index >= 15 is 0 Å². The maximum atomic E-state index is 5.78. The third kappa shape index (κ3) is 4.29. The van der Waals surface area contributed by atoms with Gasteiger partial charge in [-0.05, 0) is 58.5 Å². The van der Waals surface area contributed by atoms with Gasteiger partial charge >= 0.3 is 0 Å². The molecule has 1 heterocycles. The zero-order chi connectivity index (χ0) is 15.2. The van der Waals surface area contributed by atoms with E-state index in [0.717, 1.165) is 41.9 Å². The number of hydrogen-bond donors (Lipinski definition) is 2. The number of unbranched alkanes of at least 4 members (excludes halogenated alkanes) is 1. The molecule has 5 nitrogen and oxygen atoms in total. The molecule has 21 heavy (non-hydrogen) atoms. The standard InChI is InChI=1S/C16H25N5/c1-12(2)21(3)9-5-4-8-18-16-14-7-6-13(17)10-15(14)19-11-20-16/h6-7,10-12H,4-5,8-9,17H2,1-3H3,(H,18,19,20). The first-order chi connectivity index (χ1) is 10.1. The Labute approximate surface area is 126 Å². The fourth-order valence-corrected chi connectivity index (χ4v) is 2.17. The Morgan fingerprint density at radius 2 is 2.05 bits per heavy atom. The van der Waals surface area contributed by atoms with Crippen molar-refractivity contribution in [3.8, 4) is 0 Å². The average Bonchev–Trinajstić information content (AvgIpc) is 2.46. The van der Waals surface area contributed by atoms with Gasteiger partial charge in [0.05, 0.1) is 5.52 Å². The van der Waals surface area contributed by atoms with Crippen LogP contribution in [0.5, 0.6) is 0 Å². The third-order valence-electron chi connectivity index (χ3n) is 3.77. The molecule has 0 aliphatic rings. The number of hydrogen-bond acceptors (Lipinski definition) is 5. The molecular weight excluding hydrogens is 262 g/mol. The van der Waals surface area contributed by atoms with Crippen LogP contribution in [0.25, 0.3) is 10.9 Å². The molecular formula is C16H25N5. The number of aromatic nitrogens is 2. The zero-order valence-corrected chi connectivity index (χ0v) is 13.1. The molecule has 2 rings (SSSR count). The Morgan fingerprint density at radius 1 is 1.24 bits per heavy atom. The minimum absolute atomic E-state index is 0.606. The van der Waals surface area contributed by atoms with Crippen LogP contribution in [0.3, 0.4) is 0 Å². The van der Waals surface area contributed by atoms with E-state index in [1.165, 1.54) is 6.42 Å². The van der Waals surface area contributed by atoms with Gasteiger partial charge in [-0.25, -0.2) is 9.97 Å². The van der Waals surface area contributed by atoms with Crippen LogP contribution in [0, 0.1) is 0 Å². The summed E-state index contributed by atoms with van der Waals surface area (Å²) in [4.78, 5) is 10.9. The first kappa shape index (κ1) is 15.5. The second-order valence-corrected chi connectivity index (χ2v) is 5.71. The number of anilines is 2. The molecule has 2 aromatic rings. The van der Waals surface area contributed by atoms with Crippen LogP contribution in [0.2, 0.25) is 0 Å². The molecule has 114 valence electrons. The highest BCUT2D eigenvalue weighted by Gasteiger charge is 2.04. The lowest BCUT2D eigenvalue weighted by atomic mass is 10.2. The number of rotatable bonds is 7. The molecule has 0 saturated carbocycles. The second kappa shape index (κ2) is 7.22. The smallest absolute Gasteiger partial charge is 0.137 e. The summed E-state index contributed by atoms with van der Waals surface area (Å²) in [5.74, 6) is 0.886. The molecule has 0 unspecified atom stereocenters. The zero-order valence-electron chi connectivity index (χ0n) is 13.1. The Hall–Kier alpha value is -1.88. The van der Waals surface area contributed by atoms with E-state index in [-0.39, 0.29) is 0 Å². The highest BCUT2D eigenvalue weighted by atomic mass is 15.1. The van der Waals surface area contributed by atoms with Gasteiger partial charge in [-0.2, -0.15) is 0 Å². The highest BCUT2D eigenvalue weighted by molar-refractivity contribution is 5.90. The van der Waals surface area contributed by atoms with Crippen molar-refractivity contribution in [2.45, 2.75) is 32.7 Å². The maximum Gasteiger partial charge on any atom is 0.137 e. The van der Waals surface area contributed by atoms with E-state index in [2.05, 4.69) is 41.1 Å². The number of nitrogens with two attached hydrogens (primary N) is 1. The van der Waals surface area contributed by atoms with Gasteiger partial charge in [-0.15, -0.1) is 0 Å². The van der Waals surface area contributed by atoms with Gasteiger partial charge in [0.1, 0.15) is 12.1 Å². The Kier molecular flexibility index (Phi) is 5.33. The predicted molar refractivity (Wildman–Crippen MR) is 89.4 cm³/mol. The van der Waals surface area contributed by atoms with Crippen LogP contribution < -0.4 is 11.1 Å². The largest absolute Gasteiger partial charge is 0.399 e. The van der Waals surface area contributed by atoms with Crippen molar-refractivity contribution in [2.24, 2.45) is 0 Å². The quantitative estimate of drug-likeness (QED) is 0.605. The summed E-state index contributed by atoms with van der Waals surface area (Å²) < 4.78 is 0. The van der Waals surface area contributed by atoms with Gasteiger partial charge in [0.15, 0.2) is 0 Å². The summed E-state index contributed by atoms with van der Waals surface area (Å²) >= 11 is 0. The minimum Gasteiger partial charge on any atom is -0.399 e. The summed E-state index contributed by atoms with van der Waals surface area (Å²) in [7, 11) is 2.17. The lowest BCUT2D eigenvalue weighted by molar-refractivity contribution is 0.269. The molecule has 0 radical (unpaired) electrons. The van der Waals surface area contributed by atoms with Crippen molar-refractivity contribution in [1.29, 1.82) is 0 Å². The van der Waals surface area contributed by atoms with Crippen molar-refractivity contribution < 1.29 is 0 Å².